The zero-order valence-corrected chi connectivity index (χ0v) is 14.9. The highest BCUT2D eigenvalue weighted by molar-refractivity contribution is 5.47. The van der Waals surface area contributed by atoms with E-state index in [9.17, 15) is 0 Å². The van der Waals surface area contributed by atoms with Crippen LogP contribution >= 0.6 is 0 Å². The summed E-state index contributed by atoms with van der Waals surface area (Å²) in [6.45, 7) is 7.01. The third-order valence-electron chi connectivity index (χ3n) is 5.96. The van der Waals surface area contributed by atoms with Crippen LogP contribution in [0.5, 0.6) is 0 Å². The molecule has 0 saturated heterocycles. The molecule has 0 nitrogen and oxygen atoms in total. The first kappa shape index (κ1) is 16.3. The van der Waals surface area contributed by atoms with Crippen molar-refractivity contribution in [1.82, 2.24) is 0 Å². The minimum absolute atomic E-state index is 0.228. The summed E-state index contributed by atoms with van der Waals surface area (Å²) in [6.07, 6.45) is 7.53. The Balaban J connectivity index is 2.19. The summed E-state index contributed by atoms with van der Waals surface area (Å²) in [6, 6.07) is 18.4. The minimum atomic E-state index is 0.228. The monoisotopic (exact) mass is 306 g/mol. The van der Waals surface area contributed by atoms with Crippen molar-refractivity contribution in [3.63, 3.8) is 0 Å². The first-order valence-electron chi connectivity index (χ1n) is 9.38. The van der Waals surface area contributed by atoms with Gasteiger partial charge in [-0.05, 0) is 66.7 Å². The highest BCUT2D eigenvalue weighted by atomic mass is 14.4. The molecular weight excluding hydrogens is 276 g/mol. The van der Waals surface area contributed by atoms with Gasteiger partial charge in [0, 0.05) is 5.41 Å². The lowest BCUT2D eigenvalue weighted by atomic mass is 9.61. The summed E-state index contributed by atoms with van der Waals surface area (Å²) < 4.78 is 0. The Hall–Kier alpha value is -1.56. The lowest BCUT2D eigenvalue weighted by molar-refractivity contribution is 0.278. The summed E-state index contributed by atoms with van der Waals surface area (Å²) in [4.78, 5) is 0. The number of hydrogen-bond acceptors (Lipinski definition) is 0. The van der Waals surface area contributed by atoms with E-state index in [0.29, 0.717) is 0 Å². The molecule has 122 valence electrons. The van der Waals surface area contributed by atoms with Crippen LogP contribution < -0.4 is 0 Å². The minimum Gasteiger partial charge on any atom is -0.0625 e. The predicted molar refractivity (Wildman–Crippen MR) is 100 cm³/mol. The number of rotatable bonds is 4. The highest BCUT2D eigenvalue weighted by Crippen LogP contribution is 2.48. The molecule has 0 amide bonds. The molecule has 0 aromatic heterocycles. The molecule has 0 bridgehead atoms. The molecule has 0 heterocycles. The van der Waals surface area contributed by atoms with Crippen LogP contribution in [0.1, 0.15) is 68.7 Å². The Morgan fingerprint density at radius 1 is 0.783 bits per heavy atom. The fourth-order valence-electron chi connectivity index (χ4n) is 4.53. The number of benzene rings is 2. The Kier molecular flexibility index (Phi) is 4.90. The first-order chi connectivity index (χ1) is 11.2. The summed E-state index contributed by atoms with van der Waals surface area (Å²) in [5.74, 6) is 0.866. The van der Waals surface area contributed by atoms with Crippen LogP contribution in [0.2, 0.25) is 0 Å². The van der Waals surface area contributed by atoms with Gasteiger partial charge in [0.1, 0.15) is 0 Å². The van der Waals surface area contributed by atoms with Gasteiger partial charge in [-0.15, -0.1) is 0 Å². The Morgan fingerprint density at radius 3 is 1.65 bits per heavy atom. The van der Waals surface area contributed by atoms with E-state index in [1.807, 2.05) is 0 Å². The van der Waals surface area contributed by atoms with Crippen LogP contribution in [0, 0.1) is 5.92 Å². The van der Waals surface area contributed by atoms with Gasteiger partial charge >= 0.3 is 0 Å². The molecule has 1 aliphatic carbocycles. The molecule has 0 atom stereocenters. The molecule has 2 aromatic rings. The van der Waals surface area contributed by atoms with E-state index in [0.717, 1.165) is 18.8 Å². The second-order valence-corrected chi connectivity index (χ2v) is 7.29. The third-order valence-corrected chi connectivity index (χ3v) is 5.96. The quantitative estimate of drug-likeness (QED) is 0.621. The summed E-state index contributed by atoms with van der Waals surface area (Å²) in [5.41, 5.74) is 6.48. The summed E-state index contributed by atoms with van der Waals surface area (Å²) in [5, 5.41) is 0. The van der Waals surface area contributed by atoms with E-state index in [2.05, 4.69) is 69.3 Å². The number of aryl methyl sites for hydroxylation is 2. The van der Waals surface area contributed by atoms with E-state index >= 15 is 0 Å². The van der Waals surface area contributed by atoms with Gasteiger partial charge in [-0.3, -0.25) is 0 Å². The molecule has 1 saturated carbocycles. The van der Waals surface area contributed by atoms with Crippen LogP contribution in [-0.2, 0) is 18.3 Å². The maximum atomic E-state index is 2.42. The zero-order valence-electron chi connectivity index (χ0n) is 14.9. The van der Waals surface area contributed by atoms with Crippen molar-refractivity contribution < 1.29 is 0 Å². The highest BCUT2D eigenvalue weighted by Gasteiger charge is 2.39. The van der Waals surface area contributed by atoms with Gasteiger partial charge in [0.05, 0.1) is 0 Å². The van der Waals surface area contributed by atoms with Crippen molar-refractivity contribution in [2.75, 3.05) is 0 Å². The molecule has 3 rings (SSSR count). The average molecular weight is 306 g/mol. The maximum absolute atomic E-state index is 2.42. The molecule has 0 aliphatic heterocycles. The average Bonchev–Trinajstić information content (AvgIpc) is 2.62. The second-order valence-electron chi connectivity index (χ2n) is 7.29. The molecule has 0 spiro atoms. The lowest BCUT2D eigenvalue weighted by Crippen LogP contribution is -2.34. The van der Waals surface area contributed by atoms with Crippen molar-refractivity contribution in [3.8, 4) is 0 Å². The van der Waals surface area contributed by atoms with E-state index in [-0.39, 0.29) is 5.41 Å². The van der Waals surface area contributed by atoms with Gasteiger partial charge in [0.25, 0.3) is 0 Å². The Morgan fingerprint density at radius 2 is 1.22 bits per heavy atom. The van der Waals surface area contributed by atoms with Crippen LogP contribution in [0.25, 0.3) is 0 Å². The molecule has 1 fully saturated rings. The molecule has 0 heteroatoms. The van der Waals surface area contributed by atoms with Crippen LogP contribution in [0.3, 0.4) is 0 Å². The lowest BCUT2D eigenvalue weighted by Gasteiger charge is -2.43. The van der Waals surface area contributed by atoms with Crippen LogP contribution in [0.15, 0.2) is 48.5 Å². The smallest absolute Gasteiger partial charge is 0.0208 e. The van der Waals surface area contributed by atoms with Crippen molar-refractivity contribution in [2.24, 2.45) is 5.92 Å². The topological polar surface area (TPSA) is 0 Å². The summed E-state index contributed by atoms with van der Waals surface area (Å²) in [7, 11) is 0. The largest absolute Gasteiger partial charge is 0.0625 e. The van der Waals surface area contributed by atoms with E-state index < -0.39 is 0 Å². The van der Waals surface area contributed by atoms with E-state index in [4.69, 9.17) is 0 Å². The molecule has 0 radical (unpaired) electrons. The predicted octanol–water partition coefficient (Wildman–Crippen LogP) is 6.31. The number of hydrogen-bond donors (Lipinski definition) is 0. The Bertz CT molecular complexity index is 595. The van der Waals surface area contributed by atoms with Gasteiger partial charge in [-0.1, -0.05) is 69.3 Å². The second kappa shape index (κ2) is 6.91. The molecule has 1 aliphatic rings. The van der Waals surface area contributed by atoms with Crippen molar-refractivity contribution in [2.45, 2.75) is 64.7 Å². The van der Waals surface area contributed by atoms with Gasteiger partial charge in [0.2, 0.25) is 0 Å². The standard InChI is InChI=1S/C23H30/c1-4-19-10-6-8-12-21(19)23(16-14-18(3)15-17-23)22-13-9-7-11-20(22)5-2/h6-13,18H,4-5,14-17H2,1-3H3. The van der Waals surface area contributed by atoms with Gasteiger partial charge in [0.15, 0.2) is 0 Å². The van der Waals surface area contributed by atoms with Crippen LogP contribution in [0.4, 0.5) is 0 Å². The Labute approximate surface area is 141 Å². The maximum Gasteiger partial charge on any atom is 0.0208 e. The fraction of sp³-hybridized carbons (Fsp3) is 0.478. The molecule has 2 aromatic carbocycles. The van der Waals surface area contributed by atoms with Gasteiger partial charge in [-0.2, -0.15) is 0 Å². The summed E-state index contributed by atoms with van der Waals surface area (Å²) >= 11 is 0. The third kappa shape index (κ3) is 2.96. The molecule has 23 heavy (non-hydrogen) atoms. The fourth-order valence-corrected chi connectivity index (χ4v) is 4.53. The normalized spacial score (nSPS) is 18.0. The molecular formula is C23H30. The van der Waals surface area contributed by atoms with E-state index in [1.54, 1.807) is 11.1 Å². The van der Waals surface area contributed by atoms with Crippen LogP contribution in [-0.4, -0.2) is 0 Å². The molecule has 0 unspecified atom stereocenters. The van der Waals surface area contributed by atoms with E-state index in [1.165, 1.54) is 36.8 Å². The zero-order chi connectivity index (χ0) is 16.3. The van der Waals surface area contributed by atoms with Crippen molar-refractivity contribution >= 4 is 0 Å². The van der Waals surface area contributed by atoms with Crippen molar-refractivity contribution in [1.29, 1.82) is 0 Å². The SMILES string of the molecule is CCc1ccccc1C1(c2ccccc2CC)CCC(C)CC1. The van der Waals surface area contributed by atoms with Gasteiger partial charge < -0.3 is 0 Å². The van der Waals surface area contributed by atoms with Gasteiger partial charge in [-0.25, -0.2) is 0 Å². The molecule has 0 N–H and O–H groups in total. The van der Waals surface area contributed by atoms with Crippen molar-refractivity contribution in [3.05, 3.63) is 70.8 Å². The first-order valence-corrected chi connectivity index (χ1v) is 9.38.